The van der Waals surface area contributed by atoms with Crippen molar-refractivity contribution in [1.29, 1.82) is 0 Å². The summed E-state index contributed by atoms with van der Waals surface area (Å²) in [5.74, 6) is -0.123. The Kier molecular flexibility index (Phi) is 1.68. The molecular formula is C12H10N2O2. The minimum Gasteiger partial charge on any atom is -0.317 e. The van der Waals surface area contributed by atoms with Gasteiger partial charge in [0.05, 0.1) is 0 Å². The maximum absolute atomic E-state index is 12.0. The number of likely N-dealkylation sites (N-methyl/N-ethyl adjacent to an activating group) is 1. The second-order valence-corrected chi connectivity index (χ2v) is 3.94. The Balaban J connectivity index is 2.20. The standard InChI is InChI=1S/C12H10N2O2/c1-13-10(15)6-7-14-11(13)8-4-2-3-5-9(8)12(14)16/h2-7,11H,1H3/t11-/m0/s1. The summed E-state index contributed by atoms with van der Waals surface area (Å²) in [4.78, 5) is 26.7. The number of fused-ring (bicyclic) bond motifs is 3. The fourth-order valence-electron chi connectivity index (χ4n) is 2.24. The van der Waals surface area contributed by atoms with Gasteiger partial charge < -0.3 is 4.90 Å². The molecule has 4 nitrogen and oxygen atoms in total. The number of rotatable bonds is 0. The number of amides is 2. The van der Waals surface area contributed by atoms with Crippen LogP contribution in [-0.2, 0) is 4.79 Å². The molecule has 1 aromatic rings. The zero-order valence-electron chi connectivity index (χ0n) is 8.75. The summed E-state index contributed by atoms with van der Waals surface area (Å²) >= 11 is 0. The molecule has 0 unspecified atom stereocenters. The lowest BCUT2D eigenvalue weighted by Gasteiger charge is -2.33. The Bertz CT molecular complexity index is 522. The van der Waals surface area contributed by atoms with Gasteiger partial charge in [0.1, 0.15) is 6.17 Å². The average molecular weight is 214 g/mol. The highest BCUT2D eigenvalue weighted by atomic mass is 16.2. The Morgan fingerprint density at radius 3 is 2.75 bits per heavy atom. The van der Waals surface area contributed by atoms with Crippen molar-refractivity contribution in [2.24, 2.45) is 0 Å². The lowest BCUT2D eigenvalue weighted by molar-refractivity contribution is -0.130. The molecule has 0 saturated carbocycles. The molecule has 2 aliphatic rings. The number of carbonyl (C=O) groups excluding carboxylic acids is 2. The van der Waals surface area contributed by atoms with E-state index in [2.05, 4.69) is 0 Å². The molecule has 2 aliphatic heterocycles. The predicted octanol–water partition coefficient (Wildman–Crippen LogP) is 1.13. The van der Waals surface area contributed by atoms with Gasteiger partial charge in [-0.3, -0.25) is 14.5 Å². The summed E-state index contributed by atoms with van der Waals surface area (Å²) in [6, 6.07) is 7.40. The molecule has 0 radical (unpaired) electrons. The molecule has 0 N–H and O–H groups in total. The minimum absolute atomic E-state index is 0.0452. The summed E-state index contributed by atoms with van der Waals surface area (Å²) in [5, 5.41) is 0. The number of nitrogens with zero attached hydrogens (tertiary/aromatic N) is 2. The van der Waals surface area contributed by atoms with Crippen molar-refractivity contribution in [3.05, 3.63) is 47.7 Å². The molecule has 1 atom stereocenters. The highest BCUT2D eigenvalue weighted by Gasteiger charge is 2.40. The van der Waals surface area contributed by atoms with Crippen molar-refractivity contribution in [3.63, 3.8) is 0 Å². The predicted molar refractivity (Wildman–Crippen MR) is 57.3 cm³/mol. The van der Waals surface area contributed by atoms with Gasteiger partial charge in [-0.2, -0.15) is 0 Å². The summed E-state index contributed by atoms with van der Waals surface area (Å²) < 4.78 is 0. The Morgan fingerprint density at radius 1 is 1.19 bits per heavy atom. The molecule has 3 rings (SSSR count). The van der Waals surface area contributed by atoms with E-state index >= 15 is 0 Å². The number of hydrogen-bond acceptors (Lipinski definition) is 2. The van der Waals surface area contributed by atoms with Crippen LogP contribution in [0.2, 0.25) is 0 Å². The van der Waals surface area contributed by atoms with Crippen molar-refractivity contribution in [2.75, 3.05) is 7.05 Å². The van der Waals surface area contributed by atoms with E-state index < -0.39 is 0 Å². The summed E-state index contributed by atoms with van der Waals surface area (Å²) in [6.07, 6.45) is 2.71. The van der Waals surface area contributed by atoms with Crippen LogP contribution >= 0.6 is 0 Å². The lowest BCUT2D eigenvalue weighted by Crippen LogP contribution is -2.41. The minimum atomic E-state index is -0.277. The van der Waals surface area contributed by atoms with Crippen LogP contribution < -0.4 is 0 Å². The normalized spacial score (nSPS) is 22.4. The summed E-state index contributed by atoms with van der Waals surface area (Å²) in [5.41, 5.74) is 1.58. The van der Waals surface area contributed by atoms with Crippen molar-refractivity contribution >= 4 is 11.8 Å². The second-order valence-electron chi connectivity index (χ2n) is 3.94. The van der Waals surface area contributed by atoms with E-state index in [0.29, 0.717) is 5.56 Å². The Hall–Kier alpha value is -2.10. The Labute approximate surface area is 92.8 Å². The van der Waals surface area contributed by atoms with E-state index in [4.69, 9.17) is 0 Å². The largest absolute Gasteiger partial charge is 0.317 e. The van der Waals surface area contributed by atoms with E-state index in [0.717, 1.165) is 5.56 Å². The summed E-state index contributed by atoms with van der Waals surface area (Å²) in [6.45, 7) is 0. The lowest BCUT2D eigenvalue weighted by atomic mass is 10.1. The van der Waals surface area contributed by atoms with Gasteiger partial charge >= 0.3 is 0 Å². The van der Waals surface area contributed by atoms with Crippen LogP contribution in [0.4, 0.5) is 0 Å². The van der Waals surface area contributed by atoms with Crippen molar-refractivity contribution in [3.8, 4) is 0 Å². The van der Waals surface area contributed by atoms with E-state index in [1.165, 1.54) is 6.08 Å². The van der Waals surface area contributed by atoms with Gasteiger partial charge in [0.15, 0.2) is 0 Å². The van der Waals surface area contributed by atoms with Crippen molar-refractivity contribution in [2.45, 2.75) is 6.17 Å². The van der Waals surface area contributed by atoms with Gasteiger partial charge in [-0.1, -0.05) is 18.2 Å². The smallest absolute Gasteiger partial charge is 0.260 e. The number of carbonyl (C=O) groups is 2. The molecule has 1 aromatic carbocycles. The van der Waals surface area contributed by atoms with E-state index in [1.54, 1.807) is 29.1 Å². The fourth-order valence-corrected chi connectivity index (χ4v) is 2.24. The molecule has 2 heterocycles. The van der Waals surface area contributed by atoms with E-state index in [1.807, 2.05) is 18.2 Å². The third-order valence-electron chi connectivity index (χ3n) is 3.06. The Morgan fingerprint density at radius 2 is 1.94 bits per heavy atom. The van der Waals surface area contributed by atoms with E-state index in [-0.39, 0.29) is 18.0 Å². The van der Waals surface area contributed by atoms with Gasteiger partial charge in [0.25, 0.3) is 5.91 Å². The van der Waals surface area contributed by atoms with Crippen LogP contribution in [0.25, 0.3) is 0 Å². The van der Waals surface area contributed by atoms with Crippen LogP contribution in [-0.4, -0.2) is 28.7 Å². The molecule has 0 fully saturated rings. The topological polar surface area (TPSA) is 40.6 Å². The second kappa shape index (κ2) is 2.95. The highest BCUT2D eigenvalue weighted by Crippen LogP contribution is 2.37. The first kappa shape index (κ1) is 9.15. The van der Waals surface area contributed by atoms with Gasteiger partial charge in [-0.15, -0.1) is 0 Å². The van der Waals surface area contributed by atoms with Gasteiger partial charge in [0.2, 0.25) is 5.91 Å². The third kappa shape index (κ3) is 0.984. The molecule has 16 heavy (non-hydrogen) atoms. The van der Waals surface area contributed by atoms with Crippen LogP contribution in [0.3, 0.4) is 0 Å². The van der Waals surface area contributed by atoms with Crippen LogP contribution in [0.5, 0.6) is 0 Å². The van der Waals surface area contributed by atoms with Gasteiger partial charge in [0, 0.05) is 30.5 Å². The average Bonchev–Trinajstić information content (AvgIpc) is 2.59. The molecule has 0 aromatic heterocycles. The maximum atomic E-state index is 12.0. The van der Waals surface area contributed by atoms with Crippen molar-refractivity contribution in [1.82, 2.24) is 9.80 Å². The molecule has 0 aliphatic carbocycles. The van der Waals surface area contributed by atoms with Crippen LogP contribution in [0.15, 0.2) is 36.5 Å². The first-order valence-electron chi connectivity index (χ1n) is 5.07. The molecule has 2 amide bonds. The zero-order chi connectivity index (χ0) is 11.3. The van der Waals surface area contributed by atoms with Gasteiger partial charge in [-0.05, 0) is 6.07 Å². The van der Waals surface area contributed by atoms with E-state index in [9.17, 15) is 9.59 Å². The number of benzene rings is 1. The number of hydrogen-bond donors (Lipinski definition) is 0. The first-order chi connectivity index (χ1) is 7.70. The highest BCUT2D eigenvalue weighted by molar-refractivity contribution is 6.02. The molecule has 4 heteroatoms. The first-order valence-corrected chi connectivity index (χ1v) is 5.07. The monoisotopic (exact) mass is 214 g/mol. The summed E-state index contributed by atoms with van der Waals surface area (Å²) in [7, 11) is 1.71. The molecule has 0 bridgehead atoms. The molecule has 0 saturated heterocycles. The molecular weight excluding hydrogens is 204 g/mol. The van der Waals surface area contributed by atoms with Crippen LogP contribution in [0, 0.1) is 0 Å². The van der Waals surface area contributed by atoms with Crippen molar-refractivity contribution < 1.29 is 9.59 Å². The molecule has 0 spiro atoms. The van der Waals surface area contributed by atoms with Crippen LogP contribution in [0.1, 0.15) is 22.1 Å². The fraction of sp³-hybridized carbons (Fsp3) is 0.167. The molecule has 80 valence electrons. The van der Waals surface area contributed by atoms with Gasteiger partial charge in [-0.25, -0.2) is 0 Å². The third-order valence-corrected chi connectivity index (χ3v) is 3.06. The maximum Gasteiger partial charge on any atom is 0.260 e. The quantitative estimate of drug-likeness (QED) is 0.649. The zero-order valence-corrected chi connectivity index (χ0v) is 8.75. The SMILES string of the molecule is CN1C(=O)C=CN2C(=O)c3ccccc3[C@@H]12.